The molecule has 370 valence electrons. The molecule has 3 aromatic heterocycles. The molecule has 0 unspecified atom stereocenters. The standard InChI is InChI=1S/C21H19ClN2O4S.C20H19ClN2O2S2.C12H9ClN2O/c1-14(2)28-20-11-9-17(13-23-20)29(26,27)24-19-10-8-16(22)12-18(19)21(25)15-6-4-3-5-7-15;1-14(2)15-6-9-17(10-7-15)27(24,25)23-18-11-8-16(21)13-19(18)26-20-5-3-4-12-22-20;13-9-6-10(12(14)15-7-9)11(16)8-4-2-1-3-5-8/h3-14,24H,1-2H3;3-14,23H,1-2H3;1-7H,(H2,14,15). The summed E-state index contributed by atoms with van der Waals surface area (Å²) in [5.74, 6) is 0.341. The molecule has 0 bridgehead atoms. The summed E-state index contributed by atoms with van der Waals surface area (Å²) in [5, 5.41) is 2.00. The second-order valence-electron chi connectivity index (χ2n) is 16.0. The van der Waals surface area contributed by atoms with E-state index in [0.717, 1.165) is 10.6 Å². The zero-order chi connectivity index (χ0) is 52.0. The normalized spacial score (nSPS) is 11.1. The lowest BCUT2D eigenvalue weighted by Gasteiger charge is -2.13. The van der Waals surface area contributed by atoms with Crippen LogP contribution in [0.2, 0.25) is 15.1 Å². The van der Waals surface area contributed by atoms with Crippen molar-refractivity contribution >= 4 is 95.4 Å². The van der Waals surface area contributed by atoms with Crippen molar-refractivity contribution in [2.45, 2.75) is 59.4 Å². The lowest BCUT2D eigenvalue weighted by molar-refractivity contribution is 0.103. The second kappa shape index (κ2) is 25.0. The van der Waals surface area contributed by atoms with Gasteiger partial charge in [0.05, 0.1) is 39.2 Å². The zero-order valence-electron chi connectivity index (χ0n) is 39.0. The molecule has 3 heterocycles. The minimum Gasteiger partial charge on any atom is -0.475 e. The topological polar surface area (TPSA) is 200 Å². The maximum absolute atomic E-state index is 12.9. The molecule has 0 aliphatic rings. The van der Waals surface area contributed by atoms with Gasteiger partial charge in [0, 0.05) is 50.1 Å². The fraction of sp³-hybridized carbons (Fsp3) is 0.113. The summed E-state index contributed by atoms with van der Waals surface area (Å²) >= 11 is 19.3. The zero-order valence-corrected chi connectivity index (χ0v) is 43.8. The summed E-state index contributed by atoms with van der Waals surface area (Å²) < 4.78 is 61.7. The minimum absolute atomic E-state index is 0.0540. The Balaban J connectivity index is 0.000000184. The van der Waals surface area contributed by atoms with Gasteiger partial charge in [-0.3, -0.25) is 19.0 Å². The van der Waals surface area contributed by atoms with E-state index in [1.807, 2.05) is 50.2 Å². The number of rotatable bonds is 15. The molecule has 0 amide bonds. The highest BCUT2D eigenvalue weighted by atomic mass is 35.5. The number of pyridine rings is 3. The summed E-state index contributed by atoms with van der Waals surface area (Å²) in [4.78, 5) is 37.9. The van der Waals surface area contributed by atoms with E-state index < -0.39 is 20.0 Å². The molecular formula is C53H47Cl3N6O7S3. The van der Waals surface area contributed by atoms with Gasteiger partial charge in [0.2, 0.25) is 5.88 Å². The van der Waals surface area contributed by atoms with Gasteiger partial charge in [-0.1, -0.05) is 139 Å². The van der Waals surface area contributed by atoms with E-state index >= 15 is 0 Å². The molecule has 8 rings (SSSR count). The second-order valence-corrected chi connectivity index (χ2v) is 21.7. The average Bonchev–Trinajstić information content (AvgIpc) is 3.37. The van der Waals surface area contributed by atoms with Gasteiger partial charge in [0.25, 0.3) is 20.0 Å². The van der Waals surface area contributed by atoms with Gasteiger partial charge in [-0.05, 0) is 98.1 Å². The van der Waals surface area contributed by atoms with E-state index in [2.05, 4.69) is 38.2 Å². The number of nitrogens with two attached hydrogens (primary N) is 1. The Hall–Kier alpha value is -6.79. The first-order valence-corrected chi connectivity index (χ1v) is 26.8. The Labute approximate surface area is 438 Å². The summed E-state index contributed by atoms with van der Waals surface area (Å²) in [5.41, 5.74) is 8.79. The maximum atomic E-state index is 12.9. The van der Waals surface area contributed by atoms with Crippen molar-refractivity contribution in [3.05, 3.63) is 219 Å². The summed E-state index contributed by atoms with van der Waals surface area (Å²) in [6, 6.07) is 43.8. The van der Waals surface area contributed by atoms with Crippen LogP contribution in [0.4, 0.5) is 17.2 Å². The predicted molar refractivity (Wildman–Crippen MR) is 287 cm³/mol. The van der Waals surface area contributed by atoms with Crippen molar-refractivity contribution in [1.82, 2.24) is 15.0 Å². The number of ketones is 2. The van der Waals surface area contributed by atoms with Crippen LogP contribution < -0.4 is 19.9 Å². The van der Waals surface area contributed by atoms with E-state index in [1.165, 1.54) is 60.6 Å². The van der Waals surface area contributed by atoms with Crippen LogP contribution >= 0.6 is 46.6 Å². The highest BCUT2D eigenvalue weighted by Crippen LogP contribution is 2.36. The Kier molecular flexibility index (Phi) is 19.0. The summed E-state index contributed by atoms with van der Waals surface area (Å²) in [6.45, 7) is 7.83. The molecule has 0 spiro atoms. The number of ether oxygens (including phenoxy) is 1. The monoisotopic (exact) mass is 1080 g/mol. The van der Waals surface area contributed by atoms with Crippen molar-refractivity contribution in [2.75, 3.05) is 15.2 Å². The first kappa shape index (κ1) is 54.5. The molecule has 13 nitrogen and oxygen atoms in total. The third kappa shape index (κ3) is 15.4. The maximum Gasteiger partial charge on any atom is 0.263 e. The Morgan fingerprint density at radius 1 is 0.569 bits per heavy atom. The van der Waals surface area contributed by atoms with E-state index in [4.69, 9.17) is 45.3 Å². The number of aromatic nitrogens is 3. The van der Waals surface area contributed by atoms with Crippen molar-refractivity contribution < 1.29 is 31.2 Å². The molecular weight excluding hydrogens is 1040 g/mol. The van der Waals surface area contributed by atoms with Gasteiger partial charge < -0.3 is 10.5 Å². The molecule has 8 aromatic rings. The van der Waals surface area contributed by atoms with Gasteiger partial charge in [-0.25, -0.2) is 31.8 Å². The number of anilines is 3. The molecule has 0 atom stereocenters. The Morgan fingerprint density at radius 3 is 1.68 bits per heavy atom. The number of nitrogens with one attached hydrogen (secondary N) is 2. The van der Waals surface area contributed by atoms with Crippen molar-refractivity contribution in [1.29, 1.82) is 0 Å². The Morgan fingerprint density at radius 2 is 1.11 bits per heavy atom. The molecule has 5 aromatic carbocycles. The van der Waals surface area contributed by atoms with Crippen LogP contribution in [-0.4, -0.2) is 49.5 Å². The fourth-order valence-corrected chi connectivity index (χ4v) is 10.0. The minimum atomic E-state index is -3.97. The van der Waals surface area contributed by atoms with E-state index in [1.54, 1.807) is 91.1 Å². The van der Waals surface area contributed by atoms with Gasteiger partial charge >= 0.3 is 0 Å². The predicted octanol–water partition coefficient (Wildman–Crippen LogP) is 12.9. The molecule has 0 aliphatic heterocycles. The number of nitrogens with zero attached hydrogens (tertiary/aromatic N) is 3. The molecule has 0 fully saturated rings. The average molecular weight is 1080 g/mol. The number of sulfonamides is 2. The first-order chi connectivity index (χ1) is 34.3. The van der Waals surface area contributed by atoms with Crippen molar-refractivity contribution in [3.8, 4) is 5.88 Å². The molecule has 0 saturated heterocycles. The highest BCUT2D eigenvalue weighted by molar-refractivity contribution is 7.99. The Bertz CT molecular complexity index is 3360. The van der Waals surface area contributed by atoms with Gasteiger partial charge in [-0.15, -0.1) is 0 Å². The highest BCUT2D eigenvalue weighted by Gasteiger charge is 2.22. The number of hydrogen-bond acceptors (Lipinski definition) is 12. The SMILES string of the molecule is CC(C)Oc1ccc(S(=O)(=O)Nc2ccc(Cl)cc2C(=O)c2ccccc2)cn1.CC(C)c1ccc(S(=O)(=O)Nc2ccc(Cl)cc2Sc2ccccn2)cc1.Nc1ncc(Cl)cc1C(=O)c1ccccc1. The van der Waals surface area contributed by atoms with Crippen molar-refractivity contribution in [3.63, 3.8) is 0 Å². The number of hydrogen-bond donors (Lipinski definition) is 3. The first-order valence-electron chi connectivity index (χ1n) is 21.9. The van der Waals surface area contributed by atoms with Crippen LogP contribution in [0.25, 0.3) is 0 Å². The van der Waals surface area contributed by atoms with Crippen LogP contribution in [0.15, 0.2) is 196 Å². The largest absolute Gasteiger partial charge is 0.475 e. The van der Waals surface area contributed by atoms with Gasteiger partial charge in [0.1, 0.15) is 15.7 Å². The van der Waals surface area contributed by atoms with Crippen LogP contribution in [-0.2, 0) is 20.0 Å². The van der Waals surface area contributed by atoms with E-state index in [-0.39, 0.29) is 44.5 Å². The number of carbonyl (C=O) groups excluding carboxylic acids is 2. The smallest absolute Gasteiger partial charge is 0.263 e. The molecule has 0 radical (unpaired) electrons. The van der Waals surface area contributed by atoms with Crippen LogP contribution in [0.3, 0.4) is 0 Å². The lowest BCUT2D eigenvalue weighted by atomic mass is 10.0. The molecule has 19 heteroatoms. The van der Waals surface area contributed by atoms with Gasteiger partial charge in [0.15, 0.2) is 11.6 Å². The fourth-order valence-electron chi connectivity index (χ4n) is 6.38. The number of benzene rings is 5. The van der Waals surface area contributed by atoms with Crippen LogP contribution in [0.5, 0.6) is 5.88 Å². The third-order valence-corrected chi connectivity index (χ3v) is 14.4. The molecule has 4 N–H and O–H groups in total. The third-order valence-electron chi connectivity index (χ3n) is 9.95. The molecule has 0 aliphatic carbocycles. The summed E-state index contributed by atoms with van der Waals surface area (Å²) in [6.07, 6.45) is 4.23. The quantitative estimate of drug-likeness (QED) is 0.0822. The van der Waals surface area contributed by atoms with E-state index in [0.29, 0.717) is 54.1 Å². The number of halogens is 3. The van der Waals surface area contributed by atoms with Crippen LogP contribution in [0.1, 0.15) is 71.0 Å². The van der Waals surface area contributed by atoms with E-state index in [9.17, 15) is 26.4 Å². The van der Waals surface area contributed by atoms with Crippen molar-refractivity contribution in [2.24, 2.45) is 0 Å². The molecule has 72 heavy (non-hydrogen) atoms. The summed E-state index contributed by atoms with van der Waals surface area (Å²) in [7, 11) is -7.68. The lowest BCUT2D eigenvalue weighted by Crippen LogP contribution is -2.16. The molecule has 0 saturated carbocycles. The van der Waals surface area contributed by atoms with Gasteiger partial charge in [-0.2, -0.15) is 0 Å². The number of carbonyl (C=O) groups is 2. The number of nitrogen functional groups attached to an aromatic ring is 1. The van der Waals surface area contributed by atoms with Crippen LogP contribution in [0, 0.1) is 0 Å².